The third-order valence-electron chi connectivity index (χ3n) is 6.16. The molecular formula is C27H36N2O3. The van der Waals surface area contributed by atoms with Gasteiger partial charge in [0.25, 0.3) is 5.91 Å². The van der Waals surface area contributed by atoms with E-state index >= 15 is 0 Å². The Labute approximate surface area is 192 Å². The summed E-state index contributed by atoms with van der Waals surface area (Å²) in [6, 6.07) is 15.4. The topological polar surface area (TPSA) is 58.6 Å². The number of aryl methyl sites for hydroxylation is 2. The van der Waals surface area contributed by atoms with E-state index in [9.17, 15) is 9.59 Å². The molecule has 0 aliphatic heterocycles. The summed E-state index contributed by atoms with van der Waals surface area (Å²) >= 11 is 0. The van der Waals surface area contributed by atoms with Crippen molar-refractivity contribution >= 4 is 11.8 Å². The van der Waals surface area contributed by atoms with Crippen LogP contribution in [0.1, 0.15) is 62.1 Å². The van der Waals surface area contributed by atoms with Gasteiger partial charge in [0.1, 0.15) is 11.8 Å². The third kappa shape index (κ3) is 6.84. The lowest BCUT2D eigenvalue weighted by atomic mass is 9.95. The molecule has 0 saturated heterocycles. The first-order valence-corrected chi connectivity index (χ1v) is 11.8. The fourth-order valence-corrected chi connectivity index (χ4v) is 4.33. The van der Waals surface area contributed by atoms with Gasteiger partial charge in [-0.05, 0) is 50.8 Å². The van der Waals surface area contributed by atoms with Crippen LogP contribution in [0.25, 0.3) is 0 Å². The SMILES string of the molecule is CC[C@@H](C(=O)NC1CCCCC1)N(Cc1cccc(C)c1)C(=O)COc1ccc(C)cc1. The molecule has 1 atom stereocenters. The van der Waals surface area contributed by atoms with Crippen molar-refractivity contribution in [2.24, 2.45) is 0 Å². The summed E-state index contributed by atoms with van der Waals surface area (Å²) < 4.78 is 5.77. The molecule has 1 fully saturated rings. The molecule has 1 aliphatic carbocycles. The summed E-state index contributed by atoms with van der Waals surface area (Å²) in [4.78, 5) is 28.2. The smallest absolute Gasteiger partial charge is 0.261 e. The number of rotatable bonds is 9. The maximum atomic E-state index is 13.3. The molecule has 32 heavy (non-hydrogen) atoms. The van der Waals surface area contributed by atoms with Gasteiger partial charge >= 0.3 is 0 Å². The van der Waals surface area contributed by atoms with Gasteiger partial charge in [-0.25, -0.2) is 0 Å². The van der Waals surface area contributed by atoms with E-state index in [-0.39, 0.29) is 24.5 Å². The molecule has 2 aromatic rings. The molecule has 3 rings (SSSR count). The second-order valence-corrected chi connectivity index (χ2v) is 8.88. The minimum absolute atomic E-state index is 0.0595. The first-order chi connectivity index (χ1) is 15.5. The molecular weight excluding hydrogens is 400 g/mol. The first-order valence-electron chi connectivity index (χ1n) is 11.8. The number of hydrogen-bond acceptors (Lipinski definition) is 3. The van der Waals surface area contributed by atoms with Crippen LogP contribution in [0.15, 0.2) is 48.5 Å². The van der Waals surface area contributed by atoms with Crippen molar-refractivity contribution < 1.29 is 14.3 Å². The fraction of sp³-hybridized carbons (Fsp3) is 0.481. The fourth-order valence-electron chi connectivity index (χ4n) is 4.33. The van der Waals surface area contributed by atoms with E-state index in [1.54, 1.807) is 4.90 Å². The Kier molecular flexibility index (Phi) is 8.72. The molecule has 0 aromatic heterocycles. The zero-order valence-corrected chi connectivity index (χ0v) is 19.6. The zero-order valence-electron chi connectivity index (χ0n) is 19.6. The Morgan fingerprint density at radius 3 is 2.41 bits per heavy atom. The number of amides is 2. The second-order valence-electron chi connectivity index (χ2n) is 8.88. The quantitative estimate of drug-likeness (QED) is 0.606. The summed E-state index contributed by atoms with van der Waals surface area (Å²) in [5.41, 5.74) is 3.28. The number of ether oxygens (including phenoxy) is 1. The normalized spacial score (nSPS) is 15.1. The molecule has 0 spiro atoms. The molecule has 1 saturated carbocycles. The average molecular weight is 437 g/mol. The molecule has 0 bridgehead atoms. The van der Waals surface area contributed by atoms with Crippen LogP contribution in [0.5, 0.6) is 5.75 Å². The van der Waals surface area contributed by atoms with Crippen molar-refractivity contribution in [2.45, 2.75) is 77.9 Å². The van der Waals surface area contributed by atoms with Crippen LogP contribution >= 0.6 is 0 Å². The minimum atomic E-state index is -0.522. The summed E-state index contributed by atoms with van der Waals surface area (Å²) in [7, 11) is 0. The standard InChI is InChI=1S/C27H36N2O3/c1-4-25(27(31)28-23-11-6-5-7-12-23)29(18-22-10-8-9-21(3)17-22)26(30)19-32-24-15-13-20(2)14-16-24/h8-10,13-17,23,25H,4-7,11-12,18-19H2,1-3H3,(H,28,31)/t25-/m0/s1. The lowest BCUT2D eigenvalue weighted by Crippen LogP contribution is -2.52. The van der Waals surface area contributed by atoms with Gasteiger partial charge in [0.2, 0.25) is 5.91 Å². The van der Waals surface area contributed by atoms with E-state index in [1.807, 2.05) is 63.2 Å². The van der Waals surface area contributed by atoms with Crippen molar-refractivity contribution in [3.05, 3.63) is 65.2 Å². The zero-order chi connectivity index (χ0) is 22.9. The highest BCUT2D eigenvalue weighted by molar-refractivity contribution is 5.88. The molecule has 1 N–H and O–H groups in total. The van der Waals surface area contributed by atoms with E-state index < -0.39 is 6.04 Å². The monoisotopic (exact) mass is 436 g/mol. The maximum absolute atomic E-state index is 13.3. The molecule has 5 nitrogen and oxygen atoms in total. The number of carbonyl (C=O) groups excluding carboxylic acids is 2. The predicted molar refractivity (Wildman–Crippen MR) is 127 cm³/mol. The van der Waals surface area contributed by atoms with Crippen molar-refractivity contribution in [3.63, 3.8) is 0 Å². The predicted octanol–water partition coefficient (Wildman–Crippen LogP) is 4.94. The average Bonchev–Trinajstić information content (AvgIpc) is 2.79. The van der Waals surface area contributed by atoms with E-state index in [0.29, 0.717) is 18.7 Å². The Morgan fingerprint density at radius 1 is 1.03 bits per heavy atom. The van der Waals surface area contributed by atoms with E-state index in [2.05, 4.69) is 11.4 Å². The highest BCUT2D eigenvalue weighted by Crippen LogP contribution is 2.19. The number of benzene rings is 2. The summed E-state index contributed by atoms with van der Waals surface area (Å²) in [5.74, 6) is 0.410. The van der Waals surface area contributed by atoms with Crippen LogP contribution in [-0.4, -0.2) is 35.4 Å². The Morgan fingerprint density at radius 2 is 1.75 bits per heavy atom. The van der Waals surface area contributed by atoms with Crippen molar-refractivity contribution in [2.75, 3.05) is 6.61 Å². The van der Waals surface area contributed by atoms with Gasteiger partial charge in [0.05, 0.1) is 0 Å². The number of hydrogen-bond donors (Lipinski definition) is 1. The molecule has 0 heterocycles. The molecule has 0 radical (unpaired) electrons. The van der Waals surface area contributed by atoms with E-state index in [4.69, 9.17) is 4.74 Å². The van der Waals surface area contributed by atoms with E-state index in [1.165, 1.54) is 6.42 Å². The van der Waals surface area contributed by atoms with Gasteiger partial charge in [0, 0.05) is 12.6 Å². The van der Waals surface area contributed by atoms with Crippen molar-refractivity contribution in [3.8, 4) is 5.75 Å². The van der Waals surface area contributed by atoms with Crippen LogP contribution in [-0.2, 0) is 16.1 Å². The summed E-state index contributed by atoms with van der Waals surface area (Å²) in [6.07, 6.45) is 6.13. The van der Waals surface area contributed by atoms with Gasteiger partial charge in [-0.15, -0.1) is 0 Å². The Hall–Kier alpha value is -2.82. The Bertz CT molecular complexity index is 888. The van der Waals surface area contributed by atoms with E-state index in [0.717, 1.165) is 42.4 Å². The van der Waals surface area contributed by atoms with Gasteiger partial charge in [-0.2, -0.15) is 0 Å². The lowest BCUT2D eigenvalue weighted by Gasteiger charge is -2.32. The van der Waals surface area contributed by atoms with Crippen LogP contribution < -0.4 is 10.1 Å². The maximum Gasteiger partial charge on any atom is 0.261 e. The first kappa shape index (κ1) is 23.8. The van der Waals surface area contributed by atoms with Crippen LogP contribution in [0.2, 0.25) is 0 Å². The number of nitrogens with zero attached hydrogens (tertiary/aromatic N) is 1. The third-order valence-corrected chi connectivity index (χ3v) is 6.16. The van der Waals surface area contributed by atoms with Crippen LogP contribution in [0.3, 0.4) is 0 Å². The highest BCUT2D eigenvalue weighted by Gasteiger charge is 2.30. The van der Waals surface area contributed by atoms with Crippen molar-refractivity contribution in [1.29, 1.82) is 0 Å². The van der Waals surface area contributed by atoms with Crippen LogP contribution in [0, 0.1) is 13.8 Å². The Balaban J connectivity index is 1.74. The molecule has 1 aliphatic rings. The van der Waals surface area contributed by atoms with Crippen molar-refractivity contribution in [1.82, 2.24) is 10.2 Å². The molecule has 5 heteroatoms. The molecule has 2 aromatic carbocycles. The lowest BCUT2D eigenvalue weighted by molar-refractivity contribution is -0.143. The summed E-state index contributed by atoms with van der Waals surface area (Å²) in [5, 5.41) is 3.21. The minimum Gasteiger partial charge on any atom is -0.484 e. The van der Waals surface area contributed by atoms with Crippen LogP contribution in [0.4, 0.5) is 0 Å². The number of carbonyl (C=O) groups is 2. The van der Waals surface area contributed by atoms with Gasteiger partial charge in [-0.1, -0.05) is 73.7 Å². The molecule has 2 amide bonds. The largest absolute Gasteiger partial charge is 0.484 e. The second kappa shape index (κ2) is 11.7. The number of nitrogens with one attached hydrogen (secondary N) is 1. The highest BCUT2D eigenvalue weighted by atomic mass is 16.5. The molecule has 172 valence electrons. The van der Waals surface area contributed by atoms with Gasteiger partial charge in [-0.3, -0.25) is 9.59 Å². The van der Waals surface area contributed by atoms with Gasteiger partial charge in [0.15, 0.2) is 6.61 Å². The van der Waals surface area contributed by atoms with Gasteiger partial charge < -0.3 is 15.0 Å². The molecule has 0 unspecified atom stereocenters. The summed E-state index contributed by atoms with van der Waals surface area (Å²) in [6.45, 7) is 6.29.